The molecule has 0 unspecified atom stereocenters. The summed E-state index contributed by atoms with van der Waals surface area (Å²) in [5.74, 6) is 2.15. The van der Waals surface area contributed by atoms with Crippen molar-refractivity contribution in [2.45, 2.75) is 19.0 Å². The van der Waals surface area contributed by atoms with Crippen LogP contribution < -0.4 is 10.1 Å². The van der Waals surface area contributed by atoms with Crippen LogP contribution in [0.4, 0.5) is 5.13 Å². The van der Waals surface area contributed by atoms with Crippen LogP contribution in [0.3, 0.4) is 0 Å². The molecule has 0 atom stereocenters. The largest absolute Gasteiger partial charge is 0.493 e. The molecular weight excluding hydrogens is 430 g/mol. The molecule has 160 valence electrons. The summed E-state index contributed by atoms with van der Waals surface area (Å²) in [7, 11) is 1.90. The molecule has 0 aliphatic heterocycles. The highest BCUT2D eigenvalue weighted by Crippen LogP contribution is 2.27. The molecule has 0 saturated carbocycles. The first kappa shape index (κ1) is 21.3. The van der Waals surface area contributed by atoms with E-state index in [0.29, 0.717) is 22.8 Å². The van der Waals surface area contributed by atoms with Crippen molar-refractivity contribution in [3.8, 4) is 17.1 Å². The molecule has 0 saturated heterocycles. The van der Waals surface area contributed by atoms with E-state index in [0.717, 1.165) is 27.4 Å². The fraction of sp³-hybridized carbons (Fsp3) is 0.273. The Morgan fingerprint density at radius 2 is 1.94 bits per heavy atom. The third-order valence-electron chi connectivity index (χ3n) is 4.40. The Hall–Kier alpha value is -2.91. The van der Waals surface area contributed by atoms with Gasteiger partial charge in [0, 0.05) is 12.6 Å². The third-order valence-corrected chi connectivity index (χ3v) is 6.38. The van der Waals surface area contributed by atoms with Gasteiger partial charge in [-0.3, -0.25) is 4.79 Å². The summed E-state index contributed by atoms with van der Waals surface area (Å²) >= 11 is 2.80. The van der Waals surface area contributed by atoms with E-state index in [1.165, 1.54) is 23.1 Å². The average molecular weight is 454 g/mol. The van der Waals surface area contributed by atoms with Gasteiger partial charge in [0.1, 0.15) is 5.75 Å². The van der Waals surface area contributed by atoms with Crippen molar-refractivity contribution in [3.63, 3.8) is 0 Å². The first-order valence-corrected chi connectivity index (χ1v) is 11.7. The molecule has 2 heterocycles. The zero-order valence-electron chi connectivity index (χ0n) is 17.5. The highest BCUT2D eigenvalue weighted by molar-refractivity contribution is 7.99. The topological polar surface area (TPSA) is 81.9 Å². The molecule has 0 fully saturated rings. The predicted molar refractivity (Wildman–Crippen MR) is 126 cm³/mol. The Morgan fingerprint density at radius 3 is 2.68 bits per heavy atom. The van der Waals surface area contributed by atoms with Gasteiger partial charge in [0.25, 0.3) is 0 Å². The van der Waals surface area contributed by atoms with E-state index in [4.69, 9.17) is 4.74 Å². The third kappa shape index (κ3) is 5.23. The molecule has 0 bridgehead atoms. The van der Waals surface area contributed by atoms with Crippen molar-refractivity contribution in [2.24, 2.45) is 13.0 Å². The second kappa shape index (κ2) is 9.49. The fourth-order valence-corrected chi connectivity index (χ4v) is 4.46. The number of benzene rings is 2. The van der Waals surface area contributed by atoms with Gasteiger partial charge in [0.15, 0.2) is 16.1 Å². The first-order valence-electron chi connectivity index (χ1n) is 9.90. The van der Waals surface area contributed by atoms with E-state index < -0.39 is 0 Å². The van der Waals surface area contributed by atoms with Gasteiger partial charge in [-0.2, -0.15) is 0 Å². The molecule has 7 nitrogen and oxygen atoms in total. The van der Waals surface area contributed by atoms with Gasteiger partial charge >= 0.3 is 0 Å². The second-order valence-corrected chi connectivity index (χ2v) is 9.39. The van der Waals surface area contributed by atoms with Crippen LogP contribution in [-0.2, 0) is 11.8 Å². The van der Waals surface area contributed by atoms with Crippen LogP contribution in [0.5, 0.6) is 5.75 Å². The van der Waals surface area contributed by atoms with Crippen LogP contribution >= 0.6 is 23.1 Å². The summed E-state index contributed by atoms with van der Waals surface area (Å²) in [6, 6.07) is 15.6. The maximum absolute atomic E-state index is 12.4. The van der Waals surface area contributed by atoms with Crippen LogP contribution in [0.1, 0.15) is 13.8 Å². The van der Waals surface area contributed by atoms with Gasteiger partial charge < -0.3 is 14.6 Å². The minimum Gasteiger partial charge on any atom is -0.493 e. The van der Waals surface area contributed by atoms with Gasteiger partial charge in [-0.25, -0.2) is 4.98 Å². The molecule has 4 aromatic rings. The Labute approximate surface area is 188 Å². The number of hydrogen-bond acceptors (Lipinski definition) is 7. The minimum atomic E-state index is -0.125. The van der Waals surface area contributed by atoms with E-state index >= 15 is 0 Å². The van der Waals surface area contributed by atoms with Crippen molar-refractivity contribution in [3.05, 3.63) is 48.5 Å². The van der Waals surface area contributed by atoms with Gasteiger partial charge in [0.2, 0.25) is 5.91 Å². The summed E-state index contributed by atoms with van der Waals surface area (Å²) in [6.07, 6.45) is 0. The number of aromatic nitrogens is 4. The van der Waals surface area contributed by atoms with Gasteiger partial charge in [0.05, 0.1) is 22.6 Å². The summed E-state index contributed by atoms with van der Waals surface area (Å²) in [5.41, 5.74) is 1.83. The highest BCUT2D eigenvalue weighted by Gasteiger charge is 2.14. The number of fused-ring (bicyclic) bond motifs is 1. The molecular formula is C22H23N5O2S2. The molecule has 0 radical (unpaired) electrons. The van der Waals surface area contributed by atoms with E-state index in [1.807, 2.05) is 60.1 Å². The molecule has 31 heavy (non-hydrogen) atoms. The first-order chi connectivity index (χ1) is 15.0. The lowest BCUT2D eigenvalue weighted by molar-refractivity contribution is -0.113. The molecule has 4 rings (SSSR count). The van der Waals surface area contributed by atoms with E-state index in [2.05, 4.69) is 34.3 Å². The zero-order chi connectivity index (χ0) is 21.8. The average Bonchev–Trinajstić information content (AvgIpc) is 3.33. The van der Waals surface area contributed by atoms with Crippen LogP contribution in [0.15, 0.2) is 53.7 Å². The Morgan fingerprint density at radius 1 is 1.16 bits per heavy atom. The number of thioether (sulfide) groups is 1. The summed E-state index contributed by atoms with van der Waals surface area (Å²) < 4.78 is 8.66. The minimum absolute atomic E-state index is 0.125. The smallest absolute Gasteiger partial charge is 0.236 e. The number of amides is 1. The standard InChI is InChI=1S/C22H23N5O2S2/c1-14(2)12-29-16-10-8-15(9-11-16)20-25-26-22(27(20)3)30-13-19(28)24-21-23-17-6-4-5-7-18(17)31-21/h4-11,14H,12-13H2,1-3H3,(H,23,24,28). The van der Waals surface area contributed by atoms with Crippen LogP contribution in [0.25, 0.3) is 21.6 Å². The monoisotopic (exact) mass is 453 g/mol. The molecule has 0 spiro atoms. The number of nitrogens with one attached hydrogen (secondary N) is 1. The molecule has 1 N–H and O–H groups in total. The molecule has 0 aliphatic carbocycles. The van der Waals surface area contributed by atoms with Crippen molar-refractivity contribution in [1.29, 1.82) is 0 Å². The molecule has 2 aromatic heterocycles. The van der Waals surface area contributed by atoms with Gasteiger partial charge in [-0.15, -0.1) is 10.2 Å². The summed E-state index contributed by atoms with van der Waals surface area (Å²) in [5, 5.41) is 12.7. The van der Waals surface area contributed by atoms with E-state index in [9.17, 15) is 4.79 Å². The normalized spacial score (nSPS) is 11.2. The number of hydrogen-bond donors (Lipinski definition) is 1. The lowest BCUT2D eigenvalue weighted by atomic mass is 10.2. The van der Waals surface area contributed by atoms with Crippen LogP contribution in [0.2, 0.25) is 0 Å². The van der Waals surface area contributed by atoms with Crippen LogP contribution in [-0.4, -0.2) is 38.0 Å². The number of anilines is 1. The number of carbonyl (C=O) groups excluding carboxylic acids is 1. The highest BCUT2D eigenvalue weighted by atomic mass is 32.2. The Kier molecular flexibility index (Phi) is 6.53. The number of carbonyl (C=O) groups is 1. The number of rotatable bonds is 8. The molecule has 1 amide bonds. The van der Waals surface area contributed by atoms with Crippen LogP contribution in [0, 0.1) is 5.92 Å². The Balaban J connectivity index is 1.36. The Bertz CT molecular complexity index is 1150. The van der Waals surface area contributed by atoms with Crippen molar-refractivity contribution < 1.29 is 9.53 Å². The zero-order valence-corrected chi connectivity index (χ0v) is 19.2. The predicted octanol–water partition coefficient (Wildman–Crippen LogP) is 4.86. The number of nitrogens with zero attached hydrogens (tertiary/aromatic N) is 4. The van der Waals surface area contributed by atoms with Crippen molar-refractivity contribution >= 4 is 44.4 Å². The second-order valence-electron chi connectivity index (χ2n) is 7.42. The SMILES string of the molecule is CC(C)COc1ccc(-c2nnc(SCC(=O)Nc3nc4ccccc4s3)n2C)cc1. The number of thiazole rings is 1. The fourth-order valence-electron chi connectivity index (χ4n) is 2.87. The van der Waals surface area contributed by atoms with Crippen molar-refractivity contribution in [1.82, 2.24) is 19.7 Å². The number of para-hydroxylation sites is 1. The molecule has 2 aromatic carbocycles. The maximum atomic E-state index is 12.4. The number of ether oxygens (including phenoxy) is 1. The van der Waals surface area contributed by atoms with E-state index in [-0.39, 0.29) is 11.7 Å². The van der Waals surface area contributed by atoms with Crippen molar-refractivity contribution in [2.75, 3.05) is 17.7 Å². The lowest BCUT2D eigenvalue weighted by Gasteiger charge is -2.09. The van der Waals surface area contributed by atoms with Gasteiger partial charge in [-0.1, -0.05) is 49.1 Å². The quantitative estimate of drug-likeness (QED) is 0.384. The summed E-state index contributed by atoms with van der Waals surface area (Å²) in [6.45, 7) is 4.92. The molecule has 0 aliphatic rings. The van der Waals surface area contributed by atoms with Gasteiger partial charge in [-0.05, 0) is 42.3 Å². The molecule has 9 heteroatoms. The summed E-state index contributed by atoms with van der Waals surface area (Å²) in [4.78, 5) is 16.8. The lowest BCUT2D eigenvalue weighted by Crippen LogP contribution is -2.14. The maximum Gasteiger partial charge on any atom is 0.236 e. The van der Waals surface area contributed by atoms with E-state index in [1.54, 1.807) is 0 Å².